The van der Waals surface area contributed by atoms with Crippen LogP contribution in [-0.2, 0) is 6.54 Å². The highest BCUT2D eigenvalue weighted by Gasteiger charge is 2.17. The fourth-order valence-corrected chi connectivity index (χ4v) is 2.85. The van der Waals surface area contributed by atoms with Gasteiger partial charge in [-0.15, -0.1) is 0 Å². The third-order valence-electron chi connectivity index (χ3n) is 4.07. The van der Waals surface area contributed by atoms with Crippen LogP contribution in [0, 0.1) is 24.0 Å². The van der Waals surface area contributed by atoms with Gasteiger partial charge < -0.3 is 5.32 Å². The van der Waals surface area contributed by atoms with Crippen LogP contribution >= 0.6 is 0 Å². The van der Waals surface area contributed by atoms with Crippen molar-refractivity contribution in [2.45, 2.75) is 26.8 Å². The number of anilines is 1. The molecule has 0 fully saturated rings. The molecule has 0 unspecified atom stereocenters. The quantitative estimate of drug-likeness (QED) is 0.395. The Balaban J connectivity index is 1.69. The number of nitrogens with one attached hydrogen (secondary N) is 1. The van der Waals surface area contributed by atoms with Gasteiger partial charge in [0.15, 0.2) is 5.69 Å². The fourth-order valence-electron chi connectivity index (χ4n) is 2.85. The number of rotatable bonds is 7. The summed E-state index contributed by atoms with van der Waals surface area (Å²) in [4.78, 5) is 15.3. The minimum absolute atomic E-state index is 0.00407. The fraction of sp³-hybridized carbons (Fsp3) is 0.263. The summed E-state index contributed by atoms with van der Waals surface area (Å²) in [6.45, 7) is 5.54. The van der Waals surface area contributed by atoms with Crippen molar-refractivity contribution in [2.24, 2.45) is 0 Å². The Hall–Kier alpha value is -3.22. The molecule has 7 heteroatoms. The average Bonchev–Trinajstić information content (AvgIpc) is 2.96. The van der Waals surface area contributed by atoms with E-state index in [1.807, 2.05) is 48.9 Å². The Morgan fingerprint density at radius 1 is 1.15 bits per heavy atom. The van der Waals surface area contributed by atoms with Gasteiger partial charge in [0, 0.05) is 30.4 Å². The molecule has 0 spiro atoms. The lowest BCUT2D eigenvalue weighted by atomic mass is 10.1. The van der Waals surface area contributed by atoms with Crippen molar-refractivity contribution in [2.75, 3.05) is 11.9 Å². The summed E-state index contributed by atoms with van der Waals surface area (Å²) < 4.78 is 1.98. The van der Waals surface area contributed by atoms with E-state index in [4.69, 9.17) is 0 Å². The van der Waals surface area contributed by atoms with Gasteiger partial charge in [-0.1, -0.05) is 30.3 Å². The van der Waals surface area contributed by atoms with Crippen LogP contribution in [0.15, 0.2) is 48.5 Å². The molecular weight excluding hydrogens is 330 g/mol. The van der Waals surface area contributed by atoms with Gasteiger partial charge in [-0.3, -0.25) is 14.8 Å². The van der Waals surface area contributed by atoms with Crippen LogP contribution in [0.25, 0.3) is 11.3 Å². The van der Waals surface area contributed by atoms with Crippen LogP contribution in [0.4, 0.5) is 11.5 Å². The molecule has 134 valence electrons. The molecule has 0 bridgehead atoms. The zero-order valence-corrected chi connectivity index (χ0v) is 14.8. The van der Waals surface area contributed by atoms with E-state index in [2.05, 4.69) is 21.5 Å². The highest BCUT2D eigenvalue weighted by Crippen LogP contribution is 2.29. The number of pyridine rings is 1. The van der Waals surface area contributed by atoms with Crippen molar-refractivity contribution in [3.05, 3.63) is 70.0 Å². The first kappa shape index (κ1) is 17.6. The molecule has 0 aliphatic rings. The summed E-state index contributed by atoms with van der Waals surface area (Å²) in [5, 5.41) is 19.0. The number of benzene rings is 1. The molecule has 0 amide bonds. The number of nitro groups is 1. The molecule has 2 aromatic heterocycles. The highest BCUT2D eigenvalue weighted by atomic mass is 16.6. The van der Waals surface area contributed by atoms with Gasteiger partial charge in [0.25, 0.3) is 5.69 Å². The van der Waals surface area contributed by atoms with E-state index in [1.54, 1.807) is 6.07 Å². The number of hydrogen-bond acceptors (Lipinski definition) is 5. The third kappa shape index (κ3) is 4.05. The SMILES string of the molecule is Cc1cc(C)n(CCCNc2ccc([N+](=O)[O-])c(-c3ccccc3)n2)n1. The molecule has 0 radical (unpaired) electrons. The van der Waals surface area contributed by atoms with Crippen molar-refractivity contribution in [3.8, 4) is 11.3 Å². The zero-order chi connectivity index (χ0) is 18.5. The van der Waals surface area contributed by atoms with E-state index in [9.17, 15) is 10.1 Å². The molecule has 0 atom stereocenters. The van der Waals surface area contributed by atoms with Crippen LogP contribution in [0.2, 0.25) is 0 Å². The number of hydrogen-bond donors (Lipinski definition) is 1. The van der Waals surface area contributed by atoms with E-state index in [1.165, 1.54) is 6.07 Å². The van der Waals surface area contributed by atoms with Gasteiger partial charge in [-0.25, -0.2) is 4.98 Å². The van der Waals surface area contributed by atoms with Gasteiger partial charge >= 0.3 is 0 Å². The molecule has 0 saturated heterocycles. The second-order valence-corrected chi connectivity index (χ2v) is 6.12. The largest absolute Gasteiger partial charge is 0.370 e. The lowest BCUT2D eigenvalue weighted by Gasteiger charge is -2.09. The summed E-state index contributed by atoms with van der Waals surface area (Å²) in [5.41, 5.74) is 3.26. The van der Waals surface area contributed by atoms with Crippen LogP contribution in [0.5, 0.6) is 0 Å². The summed E-state index contributed by atoms with van der Waals surface area (Å²) in [5.74, 6) is 0.628. The topological polar surface area (TPSA) is 85.9 Å². The van der Waals surface area contributed by atoms with E-state index in [-0.39, 0.29) is 5.69 Å². The van der Waals surface area contributed by atoms with Gasteiger partial charge in [-0.2, -0.15) is 5.10 Å². The van der Waals surface area contributed by atoms with Crippen LogP contribution in [0.3, 0.4) is 0 Å². The minimum Gasteiger partial charge on any atom is -0.370 e. The van der Waals surface area contributed by atoms with Crippen molar-refractivity contribution < 1.29 is 4.92 Å². The van der Waals surface area contributed by atoms with Gasteiger partial charge in [-0.05, 0) is 32.4 Å². The van der Waals surface area contributed by atoms with Crippen molar-refractivity contribution >= 4 is 11.5 Å². The Labute approximate surface area is 151 Å². The number of aryl methyl sites for hydroxylation is 3. The molecule has 3 aromatic rings. The summed E-state index contributed by atoms with van der Waals surface area (Å²) >= 11 is 0. The second kappa shape index (κ2) is 7.77. The maximum Gasteiger partial charge on any atom is 0.295 e. The number of nitrogens with zero attached hydrogens (tertiary/aromatic N) is 4. The van der Waals surface area contributed by atoms with Crippen molar-refractivity contribution in [3.63, 3.8) is 0 Å². The van der Waals surface area contributed by atoms with Crippen molar-refractivity contribution in [1.82, 2.24) is 14.8 Å². The van der Waals surface area contributed by atoms with E-state index < -0.39 is 4.92 Å². The molecule has 2 heterocycles. The Morgan fingerprint density at radius 3 is 2.58 bits per heavy atom. The van der Waals surface area contributed by atoms with Gasteiger partial charge in [0.05, 0.1) is 10.6 Å². The molecule has 26 heavy (non-hydrogen) atoms. The highest BCUT2D eigenvalue weighted by molar-refractivity contribution is 5.71. The predicted molar refractivity (Wildman–Crippen MR) is 101 cm³/mol. The first-order chi connectivity index (χ1) is 12.5. The molecule has 3 rings (SSSR count). The normalized spacial score (nSPS) is 10.7. The molecule has 0 aliphatic carbocycles. The second-order valence-electron chi connectivity index (χ2n) is 6.12. The van der Waals surface area contributed by atoms with Crippen LogP contribution < -0.4 is 5.32 Å². The Kier molecular flexibility index (Phi) is 5.26. The lowest BCUT2D eigenvalue weighted by molar-refractivity contribution is -0.384. The molecule has 0 saturated carbocycles. The molecular formula is C19H21N5O2. The first-order valence-corrected chi connectivity index (χ1v) is 8.50. The molecule has 7 nitrogen and oxygen atoms in total. The average molecular weight is 351 g/mol. The Morgan fingerprint density at radius 2 is 1.92 bits per heavy atom. The summed E-state index contributed by atoms with van der Waals surface area (Å²) in [7, 11) is 0. The smallest absolute Gasteiger partial charge is 0.295 e. The third-order valence-corrected chi connectivity index (χ3v) is 4.07. The van der Waals surface area contributed by atoms with Gasteiger partial charge in [0.2, 0.25) is 0 Å². The van der Waals surface area contributed by atoms with Crippen molar-refractivity contribution in [1.29, 1.82) is 0 Å². The Bertz CT molecular complexity index is 906. The standard InChI is InChI=1S/C19H21N5O2/c1-14-13-15(2)23(22-14)12-6-11-20-18-10-9-17(24(25)26)19(21-18)16-7-4-3-5-8-16/h3-5,7-10,13H,6,11-12H2,1-2H3,(H,20,21). The first-order valence-electron chi connectivity index (χ1n) is 8.50. The molecule has 1 aromatic carbocycles. The van der Waals surface area contributed by atoms with E-state index in [0.717, 1.165) is 29.9 Å². The number of aromatic nitrogens is 3. The zero-order valence-electron chi connectivity index (χ0n) is 14.8. The monoisotopic (exact) mass is 351 g/mol. The predicted octanol–water partition coefficient (Wildman–Crippen LogP) is 3.97. The van der Waals surface area contributed by atoms with Crippen LogP contribution in [-0.4, -0.2) is 26.2 Å². The maximum atomic E-state index is 11.3. The molecule has 0 aliphatic heterocycles. The van der Waals surface area contributed by atoms with Crippen LogP contribution in [0.1, 0.15) is 17.8 Å². The van der Waals surface area contributed by atoms with Gasteiger partial charge in [0.1, 0.15) is 5.82 Å². The minimum atomic E-state index is -0.401. The summed E-state index contributed by atoms with van der Waals surface area (Å²) in [6, 6.07) is 14.4. The van der Waals surface area contributed by atoms with E-state index in [0.29, 0.717) is 18.1 Å². The summed E-state index contributed by atoms with van der Waals surface area (Å²) in [6.07, 6.45) is 0.876. The lowest BCUT2D eigenvalue weighted by Crippen LogP contribution is -2.10. The van der Waals surface area contributed by atoms with E-state index >= 15 is 0 Å². The molecule has 1 N–H and O–H groups in total. The maximum absolute atomic E-state index is 11.3.